The van der Waals surface area contributed by atoms with Crippen LogP contribution in [0.2, 0.25) is 0 Å². The summed E-state index contributed by atoms with van der Waals surface area (Å²) < 4.78 is 27.2. The van der Waals surface area contributed by atoms with Crippen molar-refractivity contribution >= 4 is 17.6 Å². The quantitative estimate of drug-likeness (QED) is 0.536. The highest BCUT2D eigenvalue weighted by atomic mass is 19.3. The SMILES string of the molecule is Cc1ccccc1C(=O)NCc1ccc(-c2nn(C(C)C(F)F)c(N)c2C(N)=O)cc1. The lowest BCUT2D eigenvalue weighted by molar-refractivity contribution is 0.0864. The molecule has 3 aromatic rings. The molecule has 5 N–H and O–H groups in total. The molecule has 162 valence electrons. The minimum absolute atomic E-state index is 0.104. The molecule has 31 heavy (non-hydrogen) atoms. The second kappa shape index (κ2) is 8.95. The number of benzene rings is 2. The van der Waals surface area contributed by atoms with Crippen molar-refractivity contribution in [2.75, 3.05) is 5.73 Å². The number of carbonyl (C=O) groups excluding carboxylic acids is 2. The molecule has 0 aliphatic rings. The molecule has 0 bridgehead atoms. The third-order valence-corrected chi connectivity index (χ3v) is 5.01. The first kappa shape index (κ1) is 21.9. The van der Waals surface area contributed by atoms with Crippen molar-refractivity contribution in [3.8, 4) is 11.3 Å². The van der Waals surface area contributed by atoms with E-state index in [1.165, 1.54) is 6.92 Å². The highest BCUT2D eigenvalue weighted by molar-refractivity contribution is 6.03. The number of amides is 2. The second-order valence-electron chi connectivity index (χ2n) is 7.19. The first-order chi connectivity index (χ1) is 14.7. The number of nitrogen functional groups attached to an aromatic ring is 1. The monoisotopic (exact) mass is 427 g/mol. The van der Waals surface area contributed by atoms with Crippen molar-refractivity contribution in [3.05, 3.63) is 70.8 Å². The summed E-state index contributed by atoms with van der Waals surface area (Å²) in [7, 11) is 0. The van der Waals surface area contributed by atoms with Gasteiger partial charge in [-0.1, -0.05) is 42.5 Å². The molecule has 0 saturated heterocycles. The van der Waals surface area contributed by atoms with Crippen molar-refractivity contribution in [1.29, 1.82) is 0 Å². The van der Waals surface area contributed by atoms with Gasteiger partial charge in [-0.15, -0.1) is 0 Å². The molecule has 2 aromatic carbocycles. The number of hydrogen-bond donors (Lipinski definition) is 3. The zero-order valence-corrected chi connectivity index (χ0v) is 17.1. The van der Waals surface area contributed by atoms with Gasteiger partial charge in [-0.2, -0.15) is 5.10 Å². The van der Waals surface area contributed by atoms with E-state index in [-0.39, 0.29) is 29.5 Å². The number of aryl methyl sites for hydroxylation is 1. The molecule has 1 heterocycles. The van der Waals surface area contributed by atoms with E-state index in [1.54, 1.807) is 36.4 Å². The number of primary amides is 1. The van der Waals surface area contributed by atoms with Gasteiger partial charge in [0.1, 0.15) is 23.1 Å². The summed E-state index contributed by atoms with van der Waals surface area (Å²) in [6.07, 6.45) is -2.71. The highest BCUT2D eigenvalue weighted by Gasteiger charge is 2.27. The summed E-state index contributed by atoms with van der Waals surface area (Å²) in [5.74, 6) is -1.25. The Balaban J connectivity index is 1.81. The topological polar surface area (TPSA) is 116 Å². The zero-order valence-electron chi connectivity index (χ0n) is 17.1. The number of halogens is 2. The van der Waals surface area contributed by atoms with Crippen LogP contribution in [0.3, 0.4) is 0 Å². The van der Waals surface area contributed by atoms with Gasteiger partial charge < -0.3 is 16.8 Å². The molecule has 0 fully saturated rings. The minimum Gasteiger partial charge on any atom is -0.383 e. The molecule has 1 atom stereocenters. The van der Waals surface area contributed by atoms with Crippen LogP contribution in [0.5, 0.6) is 0 Å². The van der Waals surface area contributed by atoms with E-state index in [1.807, 2.05) is 19.1 Å². The smallest absolute Gasteiger partial charge is 0.260 e. The Morgan fingerprint density at radius 3 is 2.35 bits per heavy atom. The molecule has 0 radical (unpaired) electrons. The number of nitrogens with one attached hydrogen (secondary N) is 1. The summed E-state index contributed by atoms with van der Waals surface area (Å²) >= 11 is 0. The van der Waals surface area contributed by atoms with Crippen LogP contribution in [0.1, 0.15) is 44.8 Å². The van der Waals surface area contributed by atoms with Gasteiger partial charge in [0.2, 0.25) is 0 Å². The van der Waals surface area contributed by atoms with Crippen molar-refractivity contribution in [2.24, 2.45) is 5.73 Å². The lowest BCUT2D eigenvalue weighted by atomic mass is 10.0. The average molecular weight is 427 g/mol. The number of nitrogens with zero attached hydrogens (tertiary/aromatic N) is 2. The van der Waals surface area contributed by atoms with Gasteiger partial charge in [-0.25, -0.2) is 13.5 Å². The van der Waals surface area contributed by atoms with Crippen LogP contribution in [-0.4, -0.2) is 28.0 Å². The van der Waals surface area contributed by atoms with Crippen molar-refractivity contribution in [1.82, 2.24) is 15.1 Å². The molecule has 0 aliphatic carbocycles. The molecule has 1 unspecified atom stereocenters. The Bertz CT molecular complexity index is 1110. The van der Waals surface area contributed by atoms with E-state index >= 15 is 0 Å². The molecular weight excluding hydrogens is 404 g/mol. The molecule has 0 aliphatic heterocycles. The van der Waals surface area contributed by atoms with Gasteiger partial charge in [0.25, 0.3) is 18.2 Å². The van der Waals surface area contributed by atoms with Crippen molar-refractivity contribution in [2.45, 2.75) is 32.9 Å². The minimum atomic E-state index is -2.71. The van der Waals surface area contributed by atoms with Crippen LogP contribution in [0.4, 0.5) is 14.6 Å². The van der Waals surface area contributed by atoms with Crippen LogP contribution in [0.25, 0.3) is 11.3 Å². The lowest BCUT2D eigenvalue weighted by Crippen LogP contribution is -2.23. The summed E-state index contributed by atoms with van der Waals surface area (Å²) in [5, 5.41) is 6.97. The summed E-state index contributed by atoms with van der Waals surface area (Å²) in [4.78, 5) is 24.2. The molecule has 7 nitrogen and oxygen atoms in total. The van der Waals surface area contributed by atoms with E-state index < -0.39 is 18.4 Å². The summed E-state index contributed by atoms with van der Waals surface area (Å²) in [6.45, 7) is 3.40. The Morgan fingerprint density at radius 1 is 1.13 bits per heavy atom. The Hall–Kier alpha value is -3.75. The first-order valence-electron chi connectivity index (χ1n) is 9.59. The van der Waals surface area contributed by atoms with Gasteiger partial charge >= 0.3 is 0 Å². The predicted molar refractivity (Wildman–Crippen MR) is 114 cm³/mol. The molecule has 2 amide bonds. The van der Waals surface area contributed by atoms with Gasteiger partial charge in [0.15, 0.2) is 0 Å². The molecule has 0 spiro atoms. The molecule has 9 heteroatoms. The van der Waals surface area contributed by atoms with Crippen molar-refractivity contribution < 1.29 is 18.4 Å². The van der Waals surface area contributed by atoms with Crippen LogP contribution < -0.4 is 16.8 Å². The van der Waals surface area contributed by atoms with Gasteiger partial charge in [0.05, 0.1) is 0 Å². The average Bonchev–Trinajstić information content (AvgIpc) is 3.09. The second-order valence-corrected chi connectivity index (χ2v) is 7.19. The number of alkyl halides is 2. The van der Waals surface area contributed by atoms with Gasteiger partial charge in [-0.05, 0) is 31.0 Å². The maximum absolute atomic E-state index is 13.1. The fraction of sp³-hybridized carbons (Fsp3) is 0.227. The number of aromatic nitrogens is 2. The van der Waals surface area contributed by atoms with Crippen LogP contribution in [-0.2, 0) is 6.54 Å². The first-order valence-corrected chi connectivity index (χ1v) is 9.59. The maximum Gasteiger partial charge on any atom is 0.260 e. The number of hydrogen-bond acceptors (Lipinski definition) is 4. The van der Waals surface area contributed by atoms with E-state index in [0.29, 0.717) is 11.1 Å². The number of carbonyl (C=O) groups is 2. The largest absolute Gasteiger partial charge is 0.383 e. The molecule has 0 saturated carbocycles. The van der Waals surface area contributed by atoms with Crippen LogP contribution in [0.15, 0.2) is 48.5 Å². The number of nitrogens with two attached hydrogens (primary N) is 2. The molecule has 3 rings (SSSR count). The third-order valence-electron chi connectivity index (χ3n) is 5.01. The maximum atomic E-state index is 13.1. The van der Waals surface area contributed by atoms with Crippen molar-refractivity contribution in [3.63, 3.8) is 0 Å². The Labute approximate surface area is 178 Å². The molecular formula is C22H23F2N5O2. The van der Waals surface area contributed by atoms with E-state index in [4.69, 9.17) is 11.5 Å². The fourth-order valence-electron chi connectivity index (χ4n) is 3.20. The van der Waals surface area contributed by atoms with E-state index in [0.717, 1.165) is 15.8 Å². The Kier molecular flexibility index (Phi) is 6.33. The van der Waals surface area contributed by atoms with E-state index in [2.05, 4.69) is 10.4 Å². The third kappa shape index (κ3) is 4.55. The zero-order chi connectivity index (χ0) is 22.7. The standard InChI is InChI=1S/C22H23F2N5O2/c1-12-5-3-4-6-16(12)22(31)27-11-14-7-9-15(10-8-14)18-17(21(26)30)20(25)29(28-18)13(2)19(23)24/h3-10,13,19H,11,25H2,1-2H3,(H2,26,30)(H,27,31). The summed E-state index contributed by atoms with van der Waals surface area (Å²) in [6, 6.07) is 12.8. The fourth-order valence-corrected chi connectivity index (χ4v) is 3.20. The number of rotatable bonds is 7. The summed E-state index contributed by atoms with van der Waals surface area (Å²) in [5.41, 5.74) is 14.1. The lowest BCUT2D eigenvalue weighted by Gasteiger charge is -2.12. The van der Waals surface area contributed by atoms with Gasteiger partial charge in [-0.3, -0.25) is 9.59 Å². The van der Waals surface area contributed by atoms with Crippen LogP contribution in [0, 0.1) is 6.92 Å². The normalized spacial score (nSPS) is 12.0. The molecule has 1 aromatic heterocycles. The van der Waals surface area contributed by atoms with E-state index in [9.17, 15) is 18.4 Å². The highest BCUT2D eigenvalue weighted by Crippen LogP contribution is 2.30. The van der Waals surface area contributed by atoms with Crippen LogP contribution >= 0.6 is 0 Å². The van der Waals surface area contributed by atoms with Gasteiger partial charge in [0, 0.05) is 17.7 Å². The Morgan fingerprint density at radius 2 is 1.77 bits per heavy atom. The predicted octanol–water partition coefficient (Wildman–Crippen LogP) is 3.30. The number of anilines is 1.